The molecule has 0 radical (unpaired) electrons. The Balaban J connectivity index is 4.22. The number of esters is 3. The van der Waals surface area contributed by atoms with Crippen molar-refractivity contribution >= 4 is 17.9 Å². The maximum absolute atomic E-state index is 12.8. The molecular formula is C56H108O6. The van der Waals surface area contributed by atoms with Crippen LogP contribution in [0, 0.1) is 11.8 Å². The molecule has 0 aliphatic carbocycles. The smallest absolute Gasteiger partial charge is 0.306 e. The van der Waals surface area contributed by atoms with Gasteiger partial charge in [-0.05, 0) is 31.1 Å². The van der Waals surface area contributed by atoms with Gasteiger partial charge >= 0.3 is 17.9 Å². The lowest BCUT2D eigenvalue weighted by Gasteiger charge is -2.18. The molecule has 6 nitrogen and oxygen atoms in total. The standard InChI is InChI=1S/C56H108O6/c1-6-7-8-9-10-11-12-13-14-15-16-17-18-21-24-27-30-36-41-46-54(57)60-49-53(50-61-55(58)47-42-37-33-32-35-40-45-52(4)5)62-56(59)48-43-38-31-28-25-22-19-20-23-26-29-34-39-44-51(2)3/h51-53H,6-50H2,1-5H3/t53-/m0/s1. The summed E-state index contributed by atoms with van der Waals surface area (Å²) >= 11 is 0. The summed E-state index contributed by atoms with van der Waals surface area (Å²) in [4.78, 5) is 38.0. The second kappa shape index (κ2) is 48.9. The second-order valence-corrected chi connectivity index (χ2v) is 20.2. The molecule has 0 aromatic heterocycles. The van der Waals surface area contributed by atoms with Gasteiger partial charge in [-0.15, -0.1) is 0 Å². The number of unbranched alkanes of at least 4 members (excludes halogenated alkanes) is 35. The van der Waals surface area contributed by atoms with Crippen molar-refractivity contribution in [1.29, 1.82) is 0 Å². The Labute approximate surface area is 387 Å². The van der Waals surface area contributed by atoms with Gasteiger partial charge in [-0.2, -0.15) is 0 Å². The quantitative estimate of drug-likeness (QED) is 0.0344. The van der Waals surface area contributed by atoms with Crippen LogP contribution in [0.3, 0.4) is 0 Å². The van der Waals surface area contributed by atoms with Crippen molar-refractivity contribution in [3.63, 3.8) is 0 Å². The van der Waals surface area contributed by atoms with Gasteiger partial charge in [0.1, 0.15) is 13.2 Å². The van der Waals surface area contributed by atoms with Crippen LogP contribution in [0.4, 0.5) is 0 Å². The molecule has 0 rings (SSSR count). The Morgan fingerprint density at radius 3 is 0.790 bits per heavy atom. The summed E-state index contributed by atoms with van der Waals surface area (Å²) in [6, 6.07) is 0. The normalized spacial score (nSPS) is 12.0. The molecule has 0 spiro atoms. The maximum atomic E-state index is 12.8. The van der Waals surface area contributed by atoms with Crippen molar-refractivity contribution in [2.24, 2.45) is 11.8 Å². The molecule has 0 saturated heterocycles. The summed E-state index contributed by atoms with van der Waals surface area (Å²) in [7, 11) is 0. The first-order valence-electron chi connectivity index (χ1n) is 27.7. The van der Waals surface area contributed by atoms with Crippen molar-refractivity contribution in [2.45, 2.75) is 317 Å². The fourth-order valence-corrected chi connectivity index (χ4v) is 8.52. The number of hydrogen-bond donors (Lipinski definition) is 0. The van der Waals surface area contributed by atoms with E-state index in [1.807, 2.05) is 0 Å². The lowest BCUT2D eigenvalue weighted by atomic mass is 10.0. The molecule has 0 aromatic carbocycles. The Bertz CT molecular complexity index is 947. The second-order valence-electron chi connectivity index (χ2n) is 20.2. The molecule has 6 heteroatoms. The van der Waals surface area contributed by atoms with Gasteiger partial charge in [-0.3, -0.25) is 14.4 Å². The van der Waals surface area contributed by atoms with Gasteiger partial charge in [-0.25, -0.2) is 0 Å². The summed E-state index contributed by atoms with van der Waals surface area (Å²) < 4.78 is 16.8. The Morgan fingerprint density at radius 1 is 0.306 bits per heavy atom. The zero-order chi connectivity index (χ0) is 45.4. The predicted octanol–water partition coefficient (Wildman–Crippen LogP) is 18.1. The van der Waals surface area contributed by atoms with Gasteiger partial charge in [0.2, 0.25) is 0 Å². The molecule has 0 aliphatic rings. The summed E-state index contributed by atoms with van der Waals surface area (Å²) in [5.41, 5.74) is 0. The molecular weight excluding hydrogens is 769 g/mol. The Morgan fingerprint density at radius 2 is 0.532 bits per heavy atom. The van der Waals surface area contributed by atoms with Crippen LogP contribution >= 0.6 is 0 Å². The highest BCUT2D eigenvalue weighted by atomic mass is 16.6. The predicted molar refractivity (Wildman–Crippen MR) is 266 cm³/mol. The SMILES string of the molecule is CCCCCCCCCCCCCCCCCCCCCC(=O)OC[C@@H](COC(=O)CCCCCCCCC(C)C)OC(=O)CCCCCCCCCCCCCCCC(C)C. The minimum atomic E-state index is -0.762. The summed E-state index contributed by atoms with van der Waals surface area (Å²) in [6.45, 7) is 11.3. The van der Waals surface area contributed by atoms with E-state index in [4.69, 9.17) is 14.2 Å². The van der Waals surface area contributed by atoms with Gasteiger partial charge in [-0.1, -0.05) is 272 Å². The van der Waals surface area contributed by atoms with Gasteiger partial charge in [0, 0.05) is 19.3 Å². The third-order valence-corrected chi connectivity index (χ3v) is 12.7. The van der Waals surface area contributed by atoms with Crippen LogP contribution in [0.1, 0.15) is 311 Å². The van der Waals surface area contributed by atoms with Crippen molar-refractivity contribution in [3.05, 3.63) is 0 Å². The van der Waals surface area contributed by atoms with Gasteiger partial charge in [0.15, 0.2) is 6.10 Å². The number of carbonyl (C=O) groups excluding carboxylic acids is 3. The van der Waals surface area contributed by atoms with Crippen molar-refractivity contribution in [2.75, 3.05) is 13.2 Å². The van der Waals surface area contributed by atoms with E-state index in [-0.39, 0.29) is 31.1 Å². The Hall–Kier alpha value is -1.59. The molecule has 0 aromatic rings. The lowest BCUT2D eigenvalue weighted by Crippen LogP contribution is -2.30. The van der Waals surface area contributed by atoms with Crippen LogP contribution in [-0.2, 0) is 28.6 Å². The van der Waals surface area contributed by atoms with E-state index in [1.165, 1.54) is 199 Å². The monoisotopic (exact) mass is 877 g/mol. The van der Waals surface area contributed by atoms with E-state index in [2.05, 4.69) is 34.6 Å². The molecule has 0 saturated carbocycles. The van der Waals surface area contributed by atoms with Crippen molar-refractivity contribution in [1.82, 2.24) is 0 Å². The third kappa shape index (κ3) is 49.4. The molecule has 0 N–H and O–H groups in total. The maximum Gasteiger partial charge on any atom is 0.306 e. The van der Waals surface area contributed by atoms with Crippen LogP contribution in [0.5, 0.6) is 0 Å². The van der Waals surface area contributed by atoms with Gasteiger partial charge in [0.25, 0.3) is 0 Å². The summed E-state index contributed by atoms with van der Waals surface area (Å²) in [5.74, 6) is 0.752. The van der Waals surface area contributed by atoms with Crippen LogP contribution < -0.4 is 0 Å². The minimum absolute atomic E-state index is 0.0640. The number of rotatable bonds is 50. The zero-order valence-corrected chi connectivity index (χ0v) is 42.5. The molecule has 0 aliphatic heterocycles. The molecule has 368 valence electrons. The number of carbonyl (C=O) groups is 3. The zero-order valence-electron chi connectivity index (χ0n) is 42.5. The van der Waals surface area contributed by atoms with Crippen molar-refractivity contribution in [3.8, 4) is 0 Å². The third-order valence-electron chi connectivity index (χ3n) is 12.7. The van der Waals surface area contributed by atoms with E-state index in [1.54, 1.807) is 0 Å². The molecule has 0 heterocycles. The highest BCUT2D eigenvalue weighted by Gasteiger charge is 2.19. The van der Waals surface area contributed by atoms with E-state index >= 15 is 0 Å². The van der Waals surface area contributed by atoms with E-state index in [9.17, 15) is 14.4 Å². The van der Waals surface area contributed by atoms with Crippen LogP contribution in [0.25, 0.3) is 0 Å². The molecule has 62 heavy (non-hydrogen) atoms. The first-order chi connectivity index (χ1) is 30.2. The molecule has 0 fully saturated rings. The molecule has 0 unspecified atom stereocenters. The fourth-order valence-electron chi connectivity index (χ4n) is 8.52. The molecule has 1 atom stereocenters. The molecule has 0 bridgehead atoms. The number of ether oxygens (including phenoxy) is 3. The highest BCUT2D eigenvalue weighted by Crippen LogP contribution is 2.18. The van der Waals surface area contributed by atoms with E-state index in [0.29, 0.717) is 19.3 Å². The topological polar surface area (TPSA) is 78.9 Å². The van der Waals surface area contributed by atoms with Gasteiger partial charge < -0.3 is 14.2 Å². The lowest BCUT2D eigenvalue weighted by molar-refractivity contribution is -0.167. The first-order valence-corrected chi connectivity index (χ1v) is 27.7. The van der Waals surface area contributed by atoms with Crippen LogP contribution in [-0.4, -0.2) is 37.2 Å². The number of hydrogen-bond acceptors (Lipinski definition) is 6. The average molecular weight is 877 g/mol. The average Bonchev–Trinajstić information content (AvgIpc) is 3.24. The Kier molecular flexibility index (Phi) is 47.6. The van der Waals surface area contributed by atoms with E-state index in [0.717, 1.165) is 69.6 Å². The minimum Gasteiger partial charge on any atom is -0.462 e. The highest BCUT2D eigenvalue weighted by molar-refractivity contribution is 5.71. The molecule has 0 amide bonds. The van der Waals surface area contributed by atoms with Crippen molar-refractivity contribution < 1.29 is 28.6 Å². The first kappa shape index (κ1) is 60.4. The summed E-state index contributed by atoms with van der Waals surface area (Å²) in [6.07, 6.45) is 51.1. The van der Waals surface area contributed by atoms with E-state index < -0.39 is 6.10 Å². The largest absolute Gasteiger partial charge is 0.462 e. The van der Waals surface area contributed by atoms with Crippen LogP contribution in [0.2, 0.25) is 0 Å². The fraction of sp³-hybridized carbons (Fsp3) is 0.946. The summed E-state index contributed by atoms with van der Waals surface area (Å²) in [5, 5.41) is 0. The van der Waals surface area contributed by atoms with Gasteiger partial charge in [0.05, 0.1) is 0 Å². The van der Waals surface area contributed by atoms with Crippen LogP contribution in [0.15, 0.2) is 0 Å².